The van der Waals surface area contributed by atoms with Gasteiger partial charge in [0.15, 0.2) is 0 Å². The summed E-state index contributed by atoms with van der Waals surface area (Å²) >= 11 is 25.2. The summed E-state index contributed by atoms with van der Waals surface area (Å²) in [5, 5.41) is 4.27. The lowest BCUT2D eigenvalue weighted by molar-refractivity contribution is 0.248. The third kappa shape index (κ3) is 5.13. The Labute approximate surface area is 219 Å². The zero-order valence-electron chi connectivity index (χ0n) is 19.2. The van der Waals surface area contributed by atoms with Crippen LogP contribution in [0.1, 0.15) is 49.8 Å². The van der Waals surface area contributed by atoms with E-state index in [2.05, 4.69) is 10.2 Å². The number of urea groups is 1. The molecule has 1 aromatic carbocycles. The van der Waals surface area contributed by atoms with Gasteiger partial charge in [-0.05, 0) is 57.4 Å². The molecule has 0 radical (unpaired) electrons. The van der Waals surface area contributed by atoms with Gasteiger partial charge in [-0.25, -0.2) is 9.78 Å². The number of fused-ring (bicyclic) bond motifs is 1. The maximum Gasteiger partial charge on any atom is 0.319 e. The van der Waals surface area contributed by atoms with Crippen LogP contribution in [0.5, 0.6) is 0 Å². The van der Waals surface area contributed by atoms with E-state index in [0.29, 0.717) is 18.8 Å². The van der Waals surface area contributed by atoms with Crippen molar-refractivity contribution in [1.82, 2.24) is 9.97 Å². The highest BCUT2D eigenvalue weighted by atomic mass is 35.5. The summed E-state index contributed by atoms with van der Waals surface area (Å²) in [6, 6.07) is 0.809. The van der Waals surface area contributed by atoms with E-state index in [4.69, 9.17) is 62.1 Å². The first-order valence-corrected chi connectivity index (χ1v) is 12.9. The molecule has 2 amide bonds. The highest BCUT2D eigenvalue weighted by Gasteiger charge is 2.33. The van der Waals surface area contributed by atoms with Gasteiger partial charge in [-0.1, -0.05) is 46.4 Å². The summed E-state index contributed by atoms with van der Waals surface area (Å²) < 4.78 is 0. The number of amides is 2. The Kier molecular flexibility index (Phi) is 7.87. The van der Waals surface area contributed by atoms with Crippen LogP contribution in [0, 0.1) is 0 Å². The summed E-state index contributed by atoms with van der Waals surface area (Å²) in [6.07, 6.45) is 7.34. The van der Waals surface area contributed by atoms with Crippen molar-refractivity contribution in [2.45, 2.75) is 63.5 Å². The molecule has 1 aromatic heterocycles. The largest absolute Gasteiger partial charge is 0.362 e. The Morgan fingerprint density at radius 3 is 2.21 bits per heavy atom. The molecule has 0 atom stereocenters. The molecule has 1 heterocycles. The van der Waals surface area contributed by atoms with E-state index < -0.39 is 6.03 Å². The van der Waals surface area contributed by atoms with Crippen LogP contribution in [0.2, 0.25) is 20.1 Å². The molecule has 7 nitrogen and oxygen atoms in total. The Morgan fingerprint density at radius 2 is 1.62 bits per heavy atom. The first-order valence-electron chi connectivity index (χ1n) is 11.4. The second-order valence-corrected chi connectivity index (χ2v) is 10.6. The van der Waals surface area contributed by atoms with Gasteiger partial charge < -0.3 is 16.0 Å². The molecule has 0 bridgehead atoms. The molecule has 0 aliphatic heterocycles. The number of hydrogen-bond donors (Lipinski definition) is 2. The van der Waals surface area contributed by atoms with E-state index in [1.165, 1.54) is 23.0 Å². The summed E-state index contributed by atoms with van der Waals surface area (Å²) in [5.41, 5.74) is 8.41. The first-order chi connectivity index (χ1) is 16.2. The van der Waals surface area contributed by atoms with Crippen LogP contribution in [-0.2, 0) is 12.8 Å². The van der Waals surface area contributed by atoms with Crippen molar-refractivity contribution in [3.63, 3.8) is 0 Å². The van der Waals surface area contributed by atoms with Gasteiger partial charge in [0.1, 0.15) is 5.82 Å². The number of nitrogens with zero attached hydrogens (tertiary/aromatic N) is 4. The number of anilines is 3. The number of carbonyl (C=O) groups excluding carboxylic acids is 1. The van der Waals surface area contributed by atoms with Gasteiger partial charge in [-0.15, -0.1) is 0 Å². The van der Waals surface area contributed by atoms with Crippen molar-refractivity contribution < 1.29 is 4.79 Å². The Morgan fingerprint density at radius 1 is 1.00 bits per heavy atom. The normalized spacial score (nSPS) is 19.9. The number of rotatable bonds is 5. The van der Waals surface area contributed by atoms with Crippen LogP contribution in [-0.4, -0.2) is 42.2 Å². The number of halogens is 4. The number of nitrogens with two attached hydrogens (primary N) is 1. The fourth-order valence-corrected chi connectivity index (χ4v) is 5.90. The number of hydrogen-bond acceptors (Lipinski definition) is 5. The third-order valence-corrected chi connectivity index (χ3v) is 8.10. The molecule has 2 aliphatic rings. The number of benzene rings is 1. The number of aromatic nitrogens is 2. The molecule has 184 valence electrons. The minimum Gasteiger partial charge on any atom is -0.362 e. The Hall–Kier alpha value is -1.67. The molecule has 11 heteroatoms. The van der Waals surface area contributed by atoms with Crippen LogP contribution in [0.4, 0.5) is 22.2 Å². The lowest BCUT2D eigenvalue weighted by Gasteiger charge is -2.37. The molecule has 2 aliphatic carbocycles. The molecule has 34 heavy (non-hydrogen) atoms. The Bertz CT molecular complexity index is 1060. The minimum atomic E-state index is -0.646. The second-order valence-electron chi connectivity index (χ2n) is 9.07. The van der Waals surface area contributed by atoms with E-state index in [0.717, 1.165) is 43.6 Å². The van der Waals surface area contributed by atoms with Gasteiger partial charge in [-0.2, -0.15) is 4.98 Å². The molecule has 1 fully saturated rings. The fraction of sp³-hybridized carbons (Fsp3) is 0.522. The molecule has 0 unspecified atom stereocenters. The van der Waals surface area contributed by atoms with E-state index >= 15 is 0 Å². The fourth-order valence-electron chi connectivity index (χ4n) is 4.91. The van der Waals surface area contributed by atoms with Crippen molar-refractivity contribution >= 4 is 69.9 Å². The van der Waals surface area contributed by atoms with Crippen molar-refractivity contribution in [1.29, 1.82) is 0 Å². The number of aryl methyl sites for hydroxylation is 1. The molecule has 1 saturated carbocycles. The second kappa shape index (κ2) is 10.5. The maximum absolute atomic E-state index is 12.4. The highest BCUT2D eigenvalue weighted by molar-refractivity contribution is 6.50. The van der Waals surface area contributed by atoms with E-state index in [-0.39, 0.29) is 37.9 Å². The van der Waals surface area contributed by atoms with Crippen LogP contribution >= 0.6 is 46.4 Å². The highest BCUT2D eigenvalue weighted by Crippen LogP contribution is 2.45. The monoisotopic (exact) mass is 544 g/mol. The zero-order chi connectivity index (χ0) is 24.6. The summed E-state index contributed by atoms with van der Waals surface area (Å²) in [6.45, 7) is 0. The van der Waals surface area contributed by atoms with Crippen LogP contribution < -0.4 is 20.9 Å². The summed E-state index contributed by atoms with van der Waals surface area (Å²) in [7, 11) is 4.03. The lowest BCUT2D eigenvalue weighted by atomic mass is 9.90. The van der Waals surface area contributed by atoms with Gasteiger partial charge in [0, 0.05) is 31.7 Å². The molecular formula is C23H28Cl4N6O. The van der Waals surface area contributed by atoms with Crippen LogP contribution in [0.3, 0.4) is 0 Å². The van der Waals surface area contributed by atoms with E-state index in [1.54, 1.807) is 0 Å². The lowest BCUT2D eigenvalue weighted by Crippen LogP contribution is -2.47. The van der Waals surface area contributed by atoms with E-state index in [9.17, 15) is 4.79 Å². The van der Waals surface area contributed by atoms with Crippen molar-refractivity contribution in [2.75, 3.05) is 29.2 Å². The van der Waals surface area contributed by atoms with Gasteiger partial charge in [0.2, 0.25) is 5.95 Å². The van der Waals surface area contributed by atoms with Crippen molar-refractivity contribution in [3.8, 4) is 0 Å². The quantitative estimate of drug-likeness (QED) is 0.428. The molecule has 4 rings (SSSR count). The minimum absolute atomic E-state index is 0.161. The molecule has 0 spiro atoms. The summed E-state index contributed by atoms with van der Waals surface area (Å²) in [4.78, 5) is 25.6. The van der Waals surface area contributed by atoms with Crippen molar-refractivity contribution in [3.05, 3.63) is 37.4 Å². The van der Waals surface area contributed by atoms with Gasteiger partial charge >= 0.3 is 6.03 Å². The van der Waals surface area contributed by atoms with Crippen molar-refractivity contribution in [2.24, 2.45) is 5.73 Å². The Balaban J connectivity index is 1.50. The van der Waals surface area contributed by atoms with Gasteiger partial charge in [0.25, 0.3) is 0 Å². The third-order valence-electron chi connectivity index (χ3n) is 6.55. The smallest absolute Gasteiger partial charge is 0.319 e. The maximum atomic E-state index is 12.4. The standard InChI is InChI=1S/C23H28Cl4N6O/c1-32(2)21-14-5-3-4-6-17(14)30-23(31-21)29-12-7-9-13(10-8-12)33(22(28)34)20-18(26)15(24)11-16(25)19(20)27/h11-13H,3-10H2,1-2H3,(H2,28,34)(H,29,30,31). The number of primary amides is 1. The average molecular weight is 546 g/mol. The average Bonchev–Trinajstić information content (AvgIpc) is 2.80. The molecule has 2 aromatic rings. The van der Waals surface area contributed by atoms with Crippen LogP contribution in [0.25, 0.3) is 0 Å². The predicted molar refractivity (Wildman–Crippen MR) is 141 cm³/mol. The zero-order valence-corrected chi connectivity index (χ0v) is 22.2. The SMILES string of the molecule is CN(C)c1nc(NC2CCC(N(C(N)=O)c3c(Cl)c(Cl)cc(Cl)c3Cl)CC2)nc2c1CCCC2. The molecular weight excluding hydrogens is 518 g/mol. The number of nitrogens with one attached hydrogen (secondary N) is 1. The molecule has 3 N–H and O–H groups in total. The van der Waals surface area contributed by atoms with Crippen LogP contribution in [0.15, 0.2) is 6.07 Å². The predicted octanol–water partition coefficient (Wildman–Crippen LogP) is 6.34. The number of carbonyl (C=O) groups is 1. The summed E-state index contributed by atoms with van der Waals surface area (Å²) in [5.74, 6) is 1.65. The van der Waals surface area contributed by atoms with Gasteiger partial charge in [0.05, 0.1) is 31.5 Å². The first kappa shape index (κ1) is 25.4. The topological polar surface area (TPSA) is 87.4 Å². The van der Waals surface area contributed by atoms with E-state index in [1.807, 2.05) is 14.1 Å². The van der Waals surface area contributed by atoms with Gasteiger partial charge in [-0.3, -0.25) is 4.90 Å². The molecule has 0 saturated heterocycles.